The maximum atomic E-state index is 6.13. The fourth-order valence-electron chi connectivity index (χ4n) is 3.10. The average Bonchev–Trinajstić information content (AvgIpc) is 2.73. The number of fused-ring (bicyclic) bond motifs is 1. The van der Waals surface area contributed by atoms with E-state index in [1.807, 2.05) is 0 Å². The Kier molecular flexibility index (Phi) is 6.59. The van der Waals surface area contributed by atoms with Crippen LogP contribution in [0.25, 0.3) is 0 Å². The Morgan fingerprint density at radius 1 is 1.20 bits per heavy atom. The summed E-state index contributed by atoms with van der Waals surface area (Å²) in [7, 11) is 0. The minimum atomic E-state index is 0. The highest BCUT2D eigenvalue weighted by atomic mass is 35.5. The Morgan fingerprint density at radius 2 is 1.90 bits per heavy atom. The molecule has 0 amide bonds. The van der Waals surface area contributed by atoms with Crippen molar-refractivity contribution in [1.29, 1.82) is 0 Å². The predicted octanol–water partition coefficient (Wildman–Crippen LogP) is 2.36. The molecular weight excluding hydrogens is 295 g/mol. The van der Waals surface area contributed by atoms with Gasteiger partial charge in [0.15, 0.2) is 0 Å². The molecule has 114 valence electrons. The van der Waals surface area contributed by atoms with E-state index >= 15 is 0 Å². The molecular formula is C15H24Cl2N2O. The van der Waals surface area contributed by atoms with E-state index < -0.39 is 0 Å². The zero-order chi connectivity index (χ0) is 12.5. The third-order valence-corrected chi connectivity index (χ3v) is 3.90. The zero-order valence-corrected chi connectivity index (χ0v) is 13.8. The van der Waals surface area contributed by atoms with E-state index in [-0.39, 0.29) is 24.8 Å². The maximum absolute atomic E-state index is 6.13. The van der Waals surface area contributed by atoms with Gasteiger partial charge in [0, 0.05) is 39.1 Å². The van der Waals surface area contributed by atoms with Gasteiger partial charge in [0.05, 0.1) is 0 Å². The highest BCUT2D eigenvalue weighted by Gasteiger charge is 2.26. The summed E-state index contributed by atoms with van der Waals surface area (Å²) in [5.41, 5.74) is 4.03. The van der Waals surface area contributed by atoms with E-state index in [2.05, 4.69) is 36.2 Å². The van der Waals surface area contributed by atoms with Gasteiger partial charge in [0.1, 0.15) is 11.9 Å². The van der Waals surface area contributed by atoms with Crippen molar-refractivity contribution in [2.24, 2.45) is 0 Å². The third-order valence-electron chi connectivity index (χ3n) is 3.90. The molecule has 3 rings (SSSR count). The van der Waals surface area contributed by atoms with Crippen molar-refractivity contribution in [3.05, 3.63) is 28.8 Å². The van der Waals surface area contributed by atoms with Crippen LogP contribution in [0.1, 0.15) is 16.7 Å². The van der Waals surface area contributed by atoms with Gasteiger partial charge in [-0.25, -0.2) is 0 Å². The van der Waals surface area contributed by atoms with Crippen molar-refractivity contribution in [2.45, 2.75) is 26.4 Å². The number of ether oxygens (including phenoxy) is 1. The second-order valence-electron chi connectivity index (χ2n) is 5.56. The quantitative estimate of drug-likeness (QED) is 0.906. The Hall–Kier alpha value is -0.480. The van der Waals surface area contributed by atoms with E-state index in [0.29, 0.717) is 6.10 Å². The van der Waals surface area contributed by atoms with E-state index in [1.165, 1.54) is 16.7 Å². The summed E-state index contributed by atoms with van der Waals surface area (Å²) in [6.07, 6.45) is 1.42. The van der Waals surface area contributed by atoms with Gasteiger partial charge in [0.2, 0.25) is 0 Å². The van der Waals surface area contributed by atoms with Gasteiger partial charge in [-0.15, -0.1) is 24.8 Å². The first-order valence-electron chi connectivity index (χ1n) is 6.92. The zero-order valence-electron chi connectivity index (χ0n) is 12.1. The number of hydrogen-bond donors (Lipinski definition) is 1. The smallest absolute Gasteiger partial charge is 0.126 e. The van der Waals surface area contributed by atoms with Crippen molar-refractivity contribution in [3.63, 3.8) is 0 Å². The number of benzene rings is 1. The van der Waals surface area contributed by atoms with Crippen LogP contribution < -0.4 is 10.1 Å². The number of nitrogens with one attached hydrogen (secondary N) is 1. The second kappa shape index (κ2) is 7.51. The first kappa shape index (κ1) is 17.6. The second-order valence-corrected chi connectivity index (χ2v) is 5.56. The van der Waals surface area contributed by atoms with Crippen LogP contribution in [0.2, 0.25) is 0 Å². The molecule has 0 radical (unpaired) electrons. The van der Waals surface area contributed by atoms with Crippen LogP contribution in [0.4, 0.5) is 0 Å². The topological polar surface area (TPSA) is 24.5 Å². The lowest BCUT2D eigenvalue weighted by atomic mass is 10.0. The van der Waals surface area contributed by atoms with Gasteiger partial charge >= 0.3 is 0 Å². The van der Waals surface area contributed by atoms with E-state index in [9.17, 15) is 0 Å². The average molecular weight is 319 g/mol. The summed E-state index contributed by atoms with van der Waals surface area (Å²) >= 11 is 0. The van der Waals surface area contributed by atoms with E-state index in [1.54, 1.807) is 0 Å². The maximum Gasteiger partial charge on any atom is 0.126 e. The first-order chi connectivity index (χ1) is 8.72. The lowest BCUT2D eigenvalue weighted by Gasteiger charge is -2.29. The van der Waals surface area contributed by atoms with E-state index in [4.69, 9.17) is 4.74 Å². The molecule has 3 nitrogen and oxygen atoms in total. The lowest BCUT2D eigenvalue weighted by molar-refractivity contribution is 0.139. The molecule has 0 bridgehead atoms. The molecule has 1 unspecified atom stereocenters. The first-order valence-corrected chi connectivity index (χ1v) is 6.92. The highest BCUT2D eigenvalue weighted by molar-refractivity contribution is 5.85. The molecule has 1 fully saturated rings. The minimum Gasteiger partial charge on any atom is -0.488 e. The third kappa shape index (κ3) is 3.79. The normalized spacial score (nSPS) is 21.4. The van der Waals surface area contributed by atoms with Crippen molar-refractivity contribution >= 4 is 24.8 Å². The van der Waals surface area contributed by atoms with Crippen LogP contribution in [0.15, 0.2) is 12.1 Å². The summed E-state index contributed by atoms with van der Waals surface area (Å²) in [6, 6.07) is 4.49. The van der Waals surface area contributed by atoms with Crippen molar-refractivity contribution in [3.8, 4) is 5.75 Å². The molecule has 2 heterocycles. The molecule has 0 spiro atoms. The molecule has 0 aliphatic carbocycles. The summed E-state index contributed by atoms with van der Waals surface area (Å²) < 4.78 is 6.13. The number of aryl methyl sites for hydroxylation is 2. The molecule has 5 heteroatoms. The Morgan fingerprint density at radius 3 is 2.60 bits per heavy atom. The fraction of sp³-hybridized carbons (Fsp3) is 0.600. The largest absolute Gasteiger partial charge is 0.488 e. The summed E-state index contributed by atoms with van der Waals surface area (Å²) in [6.45, 7) is 9.89. The molecule has 0 saturated carbocycles. The van der Waals surface area contributed by atoms with Gasteiger partial charge in [-0.2, -0.15) is 0 Å². The lowest BCUT2D eigenvalue weighted by Crippen LogP contribution is -2.47. The molecule has 20 heavy (non-hydrogen) atoms. The van der Waals surface area contributed by atoms with Gasteiger partial charge in [0.25, 0.3) is 0 Å². The Balaban J connectivity index is 0.000001000. The Labute approximate surface area is 133 Å². The molecule has 1 aromatic carbocycles. The van der Waals surface area contributed by atoms with Gasteiger partial charge in [-0.3, -0.25) is 4.90 Å². The number of nitrogens with zero attached hydrogens (tertiary/aromatic N) is 1. The van der Waals surface area contributed by atoms with Crippen LogP contribution >= 0.6 is 24.8 Å². The molecule has 2 aliphatic rings. The summed E-state index contributed by atoms with van der Waals surface area (Å²) in [5.74, 6) is 1.14. The van der Waals surface area contributed by atoms with Crippen molar-refractivity contribution in [2.75, 3.05) is 32.7 Å². The summed E-state index contributed by atoms with van der Waals surface area (Å²) in [4.78, 5) is 2.51. The molecule has 2 aliphatic heterocycles. The highest BCUT2D eigenvalue weighted by Crippen LogP contribution is 2.33. The number of hydrogen-bond acceptors (Lipinski definition) is 3. The van der Waals surface area contributed by atoms with Crippen LogP contribution in [0.5, 0.6) is 5.75 Å². The van der Waals surface area contributed by atoms with Gasteiger partial charge in [-0.05, 0) is 25.0 Å². The summed E-state index contributed by atoms with van der Waals surface area (Å²) in [5, 5.41) is 3.39. The molecule has 1 atom stereocenters. The number of piperazine rings is 1. The minimum absolute atomic E-state index is 0. The Bertz CT molecular complexity index is 448. The number of halogens is 2. The molecule has 0 aromatic heterocycles. The van der Waals surface area contributed by atoms with Crippen LogP contribution in [-0.2, 0) is 6.42 Å². The predicted molar refractivity (Wildman–Crippen MR) is 87.8 cm³/mol. The monoisotopic (exact) mass is 318 g/mol. The standard InChI is InChI=1S/C15H22N2O.2ClH/c1-11-7-12(2)15-13(8-11)9-14(18-15)10-17-5-3-16-4-6-17;;/h7-8,14,16H,3-6,9-10H2,1-2H3;2*1H. The molecule has 1 N–H and O–H groups in total. The SMILES string of the molecule is Cc1cc(C)c2c(c1)CC(CN1CCNCC1)O2.Cl.Cl. The molecule has 1 saturated heterocycles. The van der Waals surface area contributed by atoms with Crippen LogP contribution in [0, 0.1) is 13.8 Å². The van der Waals surface area contributed by atoms with Gasteiger partial charge < -0.3 is 10.1 Å². The van der Waals surface area contributed by atoms with E-state index in [0.717, 1.165) is 44.9 Å². The van der Waals surface area contributed by atoms with Crippen molar-refractivity contribution in [1.82, 2.24) is 10.2 Å². The van der Waals surface area contributed by atoms with Gasteiger partial charge in [-0.1, -0.05) is 17.7 Å². The van der Waals surface area contributed by atoms with Crippen LogP contribution in [0.3, 0.4) is 0 Å². The number of rotatable bonds is 2. The fourth-order valence-corrected chi connectivity index (χ4v) is 3.10. The molecule has 1 aromatic rings. The van der Waals surface area contributed by atoms with Crippen LogP contribution in [-0.4, -0.2) is 43.7 Å². The van der Waals surface area contributed by atoms with Crippen molar-refractivity contribution < 1.29 is 4.74 Å².